The molecule has 2 aromatic carbocycles. The van der Waals surface area contributed by atoms with E-state index in [1.54, 1.807) is 11.8 Å². The van der Waals surface area contributed by atoms with Crippen LogP contribution in [0.4, 0.5) is 0 Å². The number of para-hydroxylation sites is 2. The molecule has 0 aliphatic heterocycles. The maximum absolute atomic E-state index is 6.39. The summed E-state index contributed by atoms with van der Waals surface area (Å²) in [6.45, 7) is 2.11. The molecule has 3 aromatic rings. The third-order valence-electron chi connectivity index (χ3n) is 3.46. The predicted molar refractivity (Wildman–Crippen MR) is 89.1 cm³/mol. The zero-order chi connectivity index (χ0) is 14.8. The molecule has 1 heterocycles. The lowest BCUT2D eigenvalue weighted by molar-refractivity contribution is 0.652. The number of nitrogens with zero attached hydrogens (tertiary/aromatic N) is 1. The van der Waals surface area contributed by atoms with Gasteiger partial charge in [0.2, 0.25) is 0 Å². The second-order valence-electron chi connectivity index (χ2n) is 4.86. The molecule has 0 amide bonds. The molecule has 0 aliphatic rings. The van der Waals surface area contributed by atoms with Crippen molar-refractivity contribution in [3.05, 3.63) is 53.1 Å². The topological polar surface area (TPSA) is 40.7 Å². The number of halogens is 1. The number of H-pyrrole nitrogens is 1. The zero-order valence-corrected chi connectivity index (χ0v) is 13.4. The summed E-state index contributed by atoms with van der Waals surface area (Å²) in [5.41, 5.74) is 3.18. The smallest absolute Gasteiger partial charge is 0.171 e. The van der Waals surface area contributed by atoms with Crippen LogP contribution in [0.25, 0.3) is 11.0 Å². The van der Waals surface area contributed by atoms with E-state index in [0.29, 0.717) is 0 Å². The Morgan fingerprint density at radius 2 is 2.05 bits per heavy atom. The highest BCUT2D eigenvalue weighted by atomic mass is 35.5. The molecule has 5 heteroatoms. The number of imidazole rings is 1. The number of hydrogen-bond donors (Lipinski definition) is 2. The van der Waals surface area contributed by atoms with Crippen LogP contribution in [0.1, 0.15) is 18.5 Å². The van der Waals surface area contributed by atoms with Gasteiger partial charge in [-0.2, -0.15) is 0 Å². The molecule has 0 radical (unpaired) electrons. The van der Waals surface area contributed by atoms with Gasteiger partial charge in [0.1, 0.15) is 0 Å². The quantitative estimate of drug-likeness (QED) is 0.736. The van der Waals surface area contributed by atoms with Crippen LogP contribution in [0, 0.1) is 0 Å². The molecule has 0 saturated heterocycles. The largest absolute Gasteiger partial charge is 0.333 e. The standard InChI is InChI=1S/C16H16ClN3S/c1-10(18-2)11-7-8-15(12(17)9-11)21-16-19-13-5-3-4-6-14(13)20-16/h3-10,18H,1-2H3,(H,19,20). The van der Waals surface area contributed by atoms with Gasteiger partial charge in [-0.15, -0.1) is 0 Å². The molecule has 0 fully saturated rings. The average Bonchev–Trinajstić information content (AvgIpc) is 2.90. The van der Waals surface area contributed by atoms with Gasteiger partial charge in [-0.3, -0.25) is 0 Å². The summed E-state index contributed by atoms with van der Waals surface area (Å²) in [5, 5.41) is 4.82. The molecule has 3 rings (SSSR count). The van der Waals surface area contributed by atoms with Gasteiger partial charge in [0.25, 0.3) is 0 Å². The van der Waals surface area contributed by atoms with Gasteiger partial charge in [0, 0.05) is 10.9 Å². The Hall–Kier alpha value is -1.49. The van der Waals surface area contributed by atoms with Crippen LogP contribution in [-0.4, -0.2) is 17.0 Å². The van der Waals surface area contributed by atoms with Crippen LogP contribution in [0.3, 0.4) is 0 Å². The fourth-order valence-electron chi connectivity index (χ4n) is 2.12. The van der Waals surface area contributed by atoms with E-state index in [2.05, 4.69) is 28.3 Å². The minimum absolute atomic E-state index is 0.285. The summed E-state index contributed by atoms with van der Waals surface area (Å²) >= 11 is 7.94. The first-order valence-corrected chi connectivity index (χ1v) is 7.96. The number of hydrogen-bond acceptors (Lipinski definition) is 3. The van der Waals surface area contributed by atoms with Gasteiger partial charge in [0.15, 0.2) is 5.16 Å². The van der Waals surface area contributed by atoms with Crippen LogP contribution in [0.2, 0.25) is 5.02 Å². The van der Waals surface area contributed by atoms with Gasteiger partial charge < -0.3 is 10.3 Å². The van der Waals surface area contributed by atoms with Gasteiger partial charge in [-0.05, 0) is 43.8 Å². The highest BCUT2D eigenvalue weighted by Crippen LogP contribution is 2.34. The predicted octanol–water partition coefficient (Wildman–Crippen LogP) is 4.65. The molecule has 3 nitrogen and oxygen atoms in total. The van der Waals surface area contributed by atoms with Crippen LogP contribution in [0.5, 0.6) is 0 Å². The van der Waals surface area contributed by atoms with E-state index >= 15 is 0 Å². The highest BCUT2D eigenvalue weighted by Gasteiger charge is 2.10. The summed E-state index contributed by atoms with van der Waals surface area (Å²) < 4.78 is 0. The molecule has 2 N–H and O–H groups in total. The van der Waals surface area contributed by atoms with Crippen LogP contribution >= 0.6 is 23.4 Å². The number of aromatic nitrogens is 2. The molecule has 0 spiro atoms. The maximum atomic E-state index is 6.39. The second kappa shape index (κ2) is 6.10. The lowest BCUT2D eigenvalue weighted by atomic mass is 10.1. The molecule has 0 bridgehead atoms. The van der Waals surface area contributed by atoms with E-state index < -0.39 is 0 Å². The lowest BCUT2D eigenvalue weighted by Crippen LogP contribution is -2.12. The van der Waals surface area contributed by atoms with E-state index in [0.717, 1.165) is 26.1 Å². The summed E-state index contributed by atoms with van der Waals surface area (Å²) in [7, 11) is 1.94. The Balaban J connectivity index is 1.87. The van der Waals surface area contributed by atoms with E-state index in [1.165, 1.54) is 5.56 Å². The average molecular weight is 318 g/mol. The normalized spacial score (nSPS) is 12.7. The first kappa shape index (κ1) is 14.4. The number of benzene rings is 2. The zero-order valence-electron chi connectivity index (χ0n) is 11.9. The summed E-state index contributed by atoms with van der Waals surface area (Å²) in [5.74, 6) is 0. The number of fused-ring (bicyclic) bond motifs is 1. The molecular weight excluding hydrogens is 302 g/mol. The summed E-state index contributed by atoms with van der Waals surface area (Å²) in [4.78, 5) is 8.86. The minimum Gasteiger partial charge on any atom is -0.333 e. The van der Waals surface area contributed by atoms with Gasteiger partial charge >= 0.3 is 0 Å². The molecule has 21 heavy (non-hydrogen) atoms. The monoisotopic (exact) mass is 317 g/mol. The first-order chi connectivity index (χ1) is 10.2. The second-order valence-corrected chi connectivity index (χ2v) is 6.30. The van der Waals surface area contributed by atoms with Crippen molar-refractivity contribution in [3.63, 3.8) is 0 Å². The van der Waals surface area contributed by atoms with E-state index in [4.69, 9.17) is 11.6 Å². The minimum atomic E-state index is 0.285. The third kappa shape index (κ3) is 3.07. The van der Waals surface area contributed by atoms with Gasteiger partial charge in [0.05, 0.1) is 16.1 Å². The SMILES string of the molecule is CNC(C)c1ccc(Sc2nc3ccccc3[nH]2)c(Cl)c1. The maximum Gasteiger partial charge on any atom is 0.171 e. The lowest BCUT2D eigenvalue weighted by Gasteiger charge is -2.12. The van der Waals surface area contributed by atoms with Crippen molar-refractivity contribution in [1.29, 1.82) is 0 Å². The van der Waals surface area contributed by atoms with Crippen molar-refractivity contribution in [2.24, 2.45) is 0 Å². The van der Waals surface area contributed by atoms with E-state index in [1.807, 2.05) is 43.4 Å². The molecule has 1 atom stereocenters. The summed E-state index contributed by atoms with van der Waals surface area (Å²) in [6.07, 6.45) is 0. The molecular formula is C16H16ClN3S. The number of nitrogens with one attached hydrogen (secondary N) is 2. The molecule has 1 unspecified atom stereocenters. The third-order valence-corrected chi connectivity index (χ3v) is 4.85. The van der Waals surface area contributed by atoms with Crippen LogP contribution in [0.15, 0.2) is 52.5 Å². The van der Waals surface area contributed by atoms with Gasteiger partial charge in [-0.25, -0.2) is 4.98 Å². The molecule has 108 valence electrons. The number of rotatable bonds is 4. The van der Waals surface area contributed by atoms with Crippen molar-refractivity contribution in [2.45, 2.75) is 23.0 Å². The Kier molecular flexibility index (Phi) is 4.19. The Labute approximate surface area is 133 Å². The summed E-state index contributed by atoms with van der Waals surface area (Å²) in [6, 6.07) is 14.4. The van der Waals surface area contributed by atoms with Crippen LogP contribution < -0.4 is 5.32 Å². The van der Waals surface area contributed by atoms with Crippen molar-refractivity contribution in [1.82, 2.24) is 15.3 Å². The molecule has 1 aromatic heterocycles. The van der Waals surface area contributed by atoms with Crippen molar-refractivity contribution >= 4 is 34.4 Å². The Bertz CT molecular complexity index is 736. The first-order valence-electron chi connectivity index (χ1n) is 6.76. The molecule has 0 saturated carbocycles. The Morgan fingerprint density at radius 1 is 1.24 bits per heavy atom. The number of aromatic amines is 1. The molecule has 0 aliphatic carbocycles. The van der Waals surface area contributed by atoms with E-state index in [9.17, 15) is 0 Å². The van der Waals surface area contributed by atoms with Crippen molar-refractivity contribution in [2.75, 3.05) is 7.05 Å². The van der Waals surface area contributed by atoms with Crippen molar-refractivity contribution < 1.29 is 0 Å². The fraction of sp³-hybridized carbons (Fsp3) is 0.188. The highest BCUT2D eigenvalue weighted by molar-refractivity contribution is 7.99. The fourth-order valence-corrected chi connectivity index (χ4v) is 3.23. The van der Waals surface area contributed by atoms with Gasteiger partial charge in [-0.1, -0.05) is 41.6 Å². The van der Waals surface area contributed by atoms with Crippen LogP contribution in [-0.2, 0) is 0 Å². The Morgan fingerprint density at radius 3 is 2.76 bits per heavy atom. The van der Waals surface area contributed by atoms with E-state index in [-0.39, 0.29) is 6.04 Å². The van der Waals surface area contributed by atoms with Crippen molar-refractivity contribution in [3.8, 4) is 0 Å².